The molecule has 1 N–H and O–H groups in total. The lowest BCUT2D eigenvalue weighted by Crippen LogP contribution is -2.35. The van der Waals surface area contributed by atoms with E-state index in [0.29, 0.717) is 11.4 Å². The highest BCUT2D eigenvalue weighted by Gasteiger charge is 2.32. The Balaban J connectivity index is 2.43. The van der Waals surface area contributed by atoms with Crippen LogP contribution in [0.1, 0.15) is 43.3 Å². The van der Waals surface area contributed by atoms with Gasteiger partial charge in [0.25, 0.3) is 5.56 Å². The fraction of sp³-hybridized carbons (Fsp3) is 0.667. The second-order valence-electron chi connectivity index (χ2n) is 4.66. The molecule has 1 fully saturated rings. The first-order chi connectivity index (χ1) is 7.53. The molecule has 0 bridgehead atoms. The van der Waals surface area contributed by atoms with Gasteiger partial charge in [0.05, 0.1) is 0 Å². The average molecular weight is 222 g/mol. The van der Waals surface area contributed by atoms with Crippen LogP contribution in [0.15, 0.2) is 4.79 Å². The molecule has 1 unspecified atom stereocenters. The summed E-state index contributed by atoms with van der Waals surface area (Å²) < 4.78 is 5.77. The van der Waals surface area contributed by atoms with Crippen LogP contribution in [0.25, 0.3) is 0 Å². The number of ether oxygens (including phenoxy) is 1. The van der Waals surface area contributed by atoms with E-state index in [2.05, 4.69) is 9.97 Å². The van der Waals surface area contributed by atoms with E-state index in [-0.39, 0.29) is 5.56 Å². The minimum atomic E-state index is -0.421. The Morgan fingerprint density at radius 2 is 2.12 bits per heavy atom. The number of hydrogen-bond acceptors (Lipinski definition) is 3. The molecule has 16 heavy (non-hydrogen) atoms. The third kappa shape index (κ3) is 1.89. The molecule has 2 rings (SSSR count). The summed E-state index contributed by atoms with van der Waals surface area (Å²) in [7, 11) is 0. The molecule has 1 aromatic heterocycles. The van der Waals surface area contributed by atoms with Crippen LogP contribution in [0.3, 0.4) is 0 Å². The molecule has 1 aliphatic heterocycles. The first-order valence-electron chi connectivity index (χ1n) is 5.75. The van der Waals surface area contributed by atoms with Crippen molar-refractivity contribution in [1.82, 2.24) is 9.97 Å². The molecule has 88 valence electrons. The highest BCUT2D eigenvalue weighted by Crippen LogP contribution is 2.31. The average Bonchev–Trinajstić information content (AvgIpc) is 2.26. The summed E-state index contributed by atoms with van der Waals surface area (Å²) in [5, 5.41) is 0. The summed E-state index contributed by atoms with van der Waals surface area (Å²) in [6, 6.07) is 0. The SMILES string of the molecule is Cc1nc(C2(C)CCCCO2)[nH]c(=O)c1C. The largest absolute Gasteiger partial charge is 0.367 e. The van der Waals surface area contributed by atoms with Crippen LogP contribution < -0.4 is 5.56 Å². The second kappa shape index (κ2) is 4.01. The molecular formula is C12H18N2O2. The molecule has 1 atom stereocenters. The van der Waals surface area contributed by atoms with Gasteiger partial charge in [-0.25, -0.2) is 4.98 Å². The van der Waals surface area contributed by atoms with Crippen molar-refractivity contribution in [2.24, 2.45) is 0 Å². The lowest BCUT2D eigenvalue weighted by molar-refractivity contribution is -0.0763. The van der Waals surface area contributed by atoms with Gasteiger partial charge in [-0.2, -0.15) is 0 Å². The van der Waals surface area contributed by atoms with E-state index in [1.165, 1.54) is 0 Å². The molecule has 0 amide bonds. The molecule has 0 saturated carbocycles. The first-order valence-corrected chi connectivity index (χ1v) is 5.75. The fourth-order valence-corrected chi connectivity index (χ4v) is 2.02. The van der Waals surface area contributed by atoms with Crippen molar-refractivity contribution in [3.63, 3.8) is 0 Å². The molecule has 0 radical (unpaired) electrons. The Morgan fingerprint density at radius 3 is 2.69 bits per heavy atom. The van der Waals surface area contributed by atoms with Gasteiger partial charge < -0.3 is 9.72 Å². The van der Waals surface area contributed by atoms with E-state index in [1.54, 1.807) is 6.92 Å². The van der Waals surface area contributed by atoms with E-state index >= 15 is 0 Å². The van der Waals surface area contributed by atoms with Gasteiger partial charge in [-0.05, 0) is 40.0 Å². The lowest BCUT2D eigenvalue weighted by atomic mass is 9.95. The minimum absolute atomic E-state index is 0.0575. The highest BCUT2D eigenvalue weighted by atomic mass is 16.5. The predicted octanol–water partition coefficient (Wildman–Crippen LogP) is 1.80. The summed E-state index contributed by atoms with van der Waals surface area (Å²) in [5.41, 5.74) is 0.991. The van der Waals surface area contributed by atoms with Gasteiger partial charge in [0, 0.05) is 17.9 Å². The number of aryl methyl sites for hydroxylation is 1. The molecule has 1 saturated heterocycles. The van der Waals surface area contributed by atoms with Crippen LogP contribution in [0.5, 0.6) is 0 Å². The van der Waals surface area contributed by atoms with Crippen molar-refractivity contribution in [3.05, 3.63) is 27.4 Å². The van der Waals surface area contributed by atoms with Crippen molar-refractivity contribution in [2.45, 2.75) is 45.6 Å². The van der Waals surface area contributed by atoms with E-state index in [4.69, 9.17) is 4.74 Å². The van der Waals surface area contributed by atoms with Crippen molar-refractivity contribution in [3.8, 4) is 0 Å². The highest BCUT2D eigenvalue weighted by molar-refractivity contribution is 5.16. The number of nitrogens with zero attached hydrogens (tertiary/aromatic N) is 1. The molecule has 0 spiro atoms. The van der Waals surface area contributed by atoms with Crippen LogP contribution >= 0.6 is 0 Å². The topological polar surface area (TPSA) is 55.0 Å². The zero-order valence-electron chi connectivity index (χ0n) is 10.1. The van der Waals surface area contributed by atoms with E-state index < -0.39 is 5.60 Å². The number of rotatable bonds is 1. The van der Waals surface area contributed by atoms with Gasteiger partial charge in [-0.1, -0.05) is 0 Å². The molecule has 2 heterocycles. The van der Waals surface area contributed by atoms with Gasteiger partial charge in [0.1, 0.15) is 11.4 Å². The molecular weight excluding hydrogens is 204 g/mol. The van der Waals surface area contributed by atoms with Crippen LogP contribution in [0, 0.1) is 13.8 Å². The Morgan fingerprint density at radius 1 is 1.38 bits per heavy atom. The van der Waals surface area contributed by atoms with Crippen LogP contribution in [0.4, 0.5) is 0 Å². The van der Waals surface area contributed by atoms with Crippen LogP contribution in [0.2, 0.25) is 0 Å². The predicted molar refractivity (Wildman–Crippen MR) is 61.5 cm³/mol. The van der Waals surface area contributed by atoms with Crippen molar-refractivity contribution in [1.29, 1.82) is 0 Å². The van der Waals surface area contributed by atoms with Crippen LogP contribution in [-0.2, 0) is 10.3 Å². The number of hydrogen-bond donors (Lipinski definition) is 1. The normalized spacial score (nSPS) is 25.7. The Hall–Kier alpha value is -1.16. The van der Waals surface area contributed by atoms with Gasteiger partial charge in [0.2, 0.25) is 0 Å². The second-order valence-corrected chi connectivity index (χ2v) is 4.66. The summed E-state index contributed by atoms with van der Waals surface area (Å²) >= 11 is 0. The maximum absolute atomic E-state index is 11.7. The monoisotopic (exact) mass is 222 g/mol. The summed E-state index contributed by atoms with van der Waals surface area (Å²) in [6.07, 6.45) is 3.12. The molecule has 4 heteroatoms. The van der Waals surface area contributed by atoms with Gasteiger partial charge in [-0.3, -0.25) is 4.79 Å². The summed E-state index contributed by atoms with van der Waals surface area (Å²) in [5.74, 6) is 0.667. The number of H-pyrrole nitrogens is 1. The standard InChI is InChI=1S/C12H18N2O2/c1-8-9(2)13-11(14-10(8)15)12(3)6-4-5-7-16-12/h4-7H2,1-3H3,(H,13,14,15). The molecule has 4 nitrogen and oxygen atoms in total. The number of nitrogens with one attached hydrogen (secondary N) is 1. The summed E-state index contributed by atoms with van der Waals surface area (Å²) in [6.45, 7) is 6.39. The summed E-state index contributed by atoms with van der Waals surface area (Å²) in [4.78, 5) is 19.0. The molecule has 0 aromatic carbocycles. The third-order valence-corrected chi connectivity index (χ3v) is 3.36. The number of aromatic nitrogens is 2. The van der Waals surface area contributed by atoms with Crippen molar-refractivity contribution < 1.29 is 4.74 Å². The first kappa shape index (κ1) is 11.3. The lowest BCUT2D eigenvalue weighted by Gasteiger charge is -2.32. The zero-order chi connectivity index (χ0) is 11.8. The van der Waals surface area contributed by atoms with E-state index in [0.717, 1.165) is 31.6 Å². The van der Waals surface area contributed by atoms with E-state index in [1.807, 2.05) is 13.8 Å². The quantitative estimate of drug-likeness (QED) is 0.788. The van der Waals surface area contributed by atoms with Crippen molar-refractivity contribution >= 4 is 0 Å². The van der Waals surface area contributed by atoms with Crippen molar-refractivity contribution in [2.75, 3.05) is 6.61 Å². The zero-order valence-corrected chi connectivity index (χ0v) is 10.1. The van der Waals surface area contributed by atoms with Gasteiger partial charge in [-0.15, -0.1) is 0 Å². The maximum atomic E-state index is 11.7. The van der Waals surface area contributed by atoms with Crippen LogP contribution in [-0.4, -0.2) is 16.6 Å². The van der Waals surface area contributed by atoms with Gasteiger partial charge in [0.15, 0.2) is 0 Å². The van der Waals surface area contributed by atoms with Gasteiger partial charge >= 0.3 is 0 Å². The van der Waals surface area contributed by atoms with E-state index in [9.17, 15) is 4.79 Å². The Labute approximate surface area is 95.1 Å². The smallest absolute Gasteiger partial charge is 0.254 e. The minimum Gasteiger partial charge on any atom is -0.367 e. The number of aromatic amines is 1. The third-order valence-electron chi connectivity index (χ3n) is 3.36. The molecule has 1 aromatic rings. The fourth-order valence-electron chi connectivity index (χ4n) is 2.02. The molecule has 0 aliphatic carbocycles. The molecule has 1 aliphatic rings. The Kier molecular flexibility index (Phi) is 2.84. The maximum Gasteiger partial charge on any atom is 0.254 e. The Bertz CT molecular complexity index is 445.